The average Bonchev–Trinajstić information content (AvgIpc) is 2.21. The number of rotatable bonds is 12. The number of ketones is 4. The topological polar surface area (TPSA) is 86.7 Å². The maximum atomic E-state index is 12.1. The van der Waals surface area contributed by atoms with Gasteiger partial charge >= 0.3 is 142 Å². The predicted octanol–water partition coefficient (Wildman–Crippen LogP) is 2.75. The Morgan fingerprint density at radius 3 is 1.26 bits per heavy atom. The van der Waals surface area contributed by atoms with Crippen molar-refractivity contribution in [3.63, 3.8) is 0 Å². The van der Waals surface area contributed by atoms with E-state index in [4.69, 9.17) is 6.64 Å². The van der Waals surface area contributed by atoms with Gasteiger partial charge in [-0.25, -0.2) is 0 Å². The summed E-state index contributed by atoms with van der Waals surface area (Å²) in [5, 5.41) is 0. The summed E-state index contributed by atoms with van der Waals surface area (Å²) in [5.74, 6) is -0.991. The van der Waals surface area contributed by atoms with Gasteiger partial charge in [-0.3, -0.25) is 0 Å². The van der Waals surface area contributed by atoms with Crippen LogP contribution < -0.4 is 0 Å². The van der Waals surface area contributed by atoms with Crippen LogP contribution >= 0.6 is 0 Å². The van der Waals surface area contributed by atoms with E-state index in [1.165, 1.54) is 13.8 Å². The molecular formula is C16H28O6Ti. The van der Waals surface area contributed by atoms with Gasteiger partial charge in [-0.05, 0) is 0 Å². The van der Waals surface area contributed by atoms with Crippen LogP contribution in [0.2, 0.25) is 9.45 Å². The Hall–Kier alpha value is -0.686. The summed E-state index contributed by atoms with van der Waals surface area (Å²) in [6, 6.07) is 0. The molecule has 0 spiro atoms. The molecule has 0 aromatic carbocycles. The SMILES string of the molecule is CC(=O)CC(=O)[CH2][Ti]([CH2]C(=O)CC(C)=O)([O]C(C)C)[O]C(C)C. The zero-order chi connectivity index (χ0) is 18.2. The monoisotopic (exact) mass is 364 g/mol. The first-order valence-electron chi connectivity index (χ1n) is 7.83. The second-order valence-corrected chi connectivity index (χ2v) is 11.1. The minimum absolute atomic E-state index is 0.0143. The molecule has 0 fully saturated rings. The Balaban J connectivity index is 5.38. The molecular weight excluding hydrogens is 336 g/mol. The van der Waals surface area contributed by atoms with Crippen LogP contribution in [0.3, 0.4) is 0 Å². The van der Waals surface area contributed by atoms with Gasteiger partial charge in [0.1, 0.15) is 0 Å². The summed E-state index contributed by atoms with van der Waals surface area (Å²) in [5.41, 5.74) is 0. The fraction of sp³-hybridized carbons (Fsp3) is 0.750. The number of Topliss-reactive ketones (excluding diaryl/α,β-unsaturated/α-hetero) is 4. The van der Waals surface area contributed by atoms with Crippen LogP contribution in [0.25, 0.3) is 0 Å². The van der Waals surface area contributed by atoms with Crippen molar-refractivity contribution in [3.05, 3.63) is 0 Å². The fourth-order valence-corrected chi connectivity index (χ4v) is 8.15. The van der Waals surface area contributed by atoms with Crippen molar-refractivity contribution in [1.29, 1.82) is 0 Å². The van der Waals surface area contributed by atoms with E-state index in [0.29, 0.717) is 0 Å². The van der Waals surface area contributed by atoms with Crippen molar-refractivity contribution >= 4 is 23.1 Å². The predicted molar refractivity (Wildman–Crippen MR) is 82.7 cm³/mol. The third kappa shape index (κ3) is 10.7. The summed E-state index contributed by atoms with van der Waals surface area (Å²) >= 11 is -3.79. The van der Waals surface area contributed by atoms with Crippen LogP contribution in [0.4, 0.5) is 0 Å². The van der Waals surface area contributed by atoms with Crippen molar-refractivity contribution in [2.45, 2.75) is 76.0 Å². The van der Waals surface area contributed by atoms with Crippen LogP contribution in [-0.4, -0.2) is 35.3 Å². The second-order valence-electron chi connectivity index (χ2n) is 6.43. The summed E-state index contributed by atoms with van der Waals surface area (Å²) in [7, 11) is 0. The molecule has 0 aliphatic rings. The van der Waals surface area contributed by atoms with E-state index >= 15 is 0 Å². The molecule has 0 rings (SSSR count). The molecule has 0 aromatic rings. The molecule has 0 heterocycles. The van der Waals surface area contributed by atoms with Crippen LogP contribution in [0.5, 0.6) is 0 Å². The van der Waals surface area contributed by atoms with Crippen molar-refractivity contribution in [3.8, 4) is 0 Å². The van der Waals surface area contributed by atoms with E-state index in [1.807, 2.05) is 27.7 Å². The molecule has 0 aliphatic carbocycles. The Kier molecular flexibility index (Phi) is 9.93. The van der Waals surface area contributed by atoms with Crippen molar-refractivity contribution < 1.29 is 43.2 Å². The summed E-state index contributed by atoms with van der Waals surface area (Å²) in [4.78, 5) is 46.6. The molecule has 0 saturated carbocycles. The normalized spacial score (nSPS) is 11.8. The summed E-state index contributed by atoms with van der Waals surface area (Å²) in [6.45, 7) is 9.95. The molecule has 0 saturated heterocycles. The third-order valence-corrected chi connectivity index (χ3v) is 8.45. The molecule has 6 nitrogen and oxygen atoms in total. The molecule has 0 radical (unpaired) electrons. The first-order chi connectivity index (χ1) is 10.5. The van der Waals surface area contributed by atoms with Gasteiger partial charge in [-0.1, -0.05) is 0 Å². The standard InChI is InChI=1S/2C5H7O2.2C3H7O.Ti/c2*1-4(6)3-5(2)7;2*1-3(2)4;/h2*1,3H2,2H3;2*3H,1-2H3;/q;;2*-1;+2. The van der Waals surface area contributed by atoms with E-state index in [1.54, 1.807) is 0 Å². The van der Waals surface area contributed by atoms with Crippen LogP contribution in [0.15, 0.2) is 0 Å². The number of hydrogen-bond acceptors (Lipinski definition) is 6. The van der Waals surface area contributed by atoms with E-state index in [9.17, 15) is 19.2 Å². The van der Waals surface area contributed by atoms with Gasteiger partial charge in [-0.2, -0.15) is 0 Å². The zero-order valence-corrected chi connectivity index (χ0v) is 16.5. The molecule has 23 heavy (non-hydrogen) atoms. The van der Waals surface area contributed by atoms with Crippen molar-refractivity contribution in [2.24, 2.45) is 0 Å². The van der Waals surface area contributed by atoms with E-state index < -0.39 is 17.4 Å². The first kappa shape index (κ1) is 22.3. The third-order valence-electron chi connectivity index (χ3n) is 2.73. The molecule has 0 amide bonds. The number of hydrogen-bond donors (Lipinski definition) is 0. The van der Waals surface area contributed by atoms with Gasteiger partial charge in [-0.15, -0.1) is 0 Å². The molecule has 0 N–H and O–H groups in total. The van der Waals surface area contributed by atoms with Gasteiger partial charge in [0.05, 0.1) is 0 Å². The van der Waals surface area contributed by atoms with E-state index in [-0.39, 0.29) is 57.6 Å². The van der Waals surface area contributed by atoms with Gasteiger partial charge in [0, 0.05) is 0 Å². The molecule has 0 aromatic heterocycles. The molecule has 0 aliphatic heterocycles. The Morgan fingerprint density at radius 2 is 1.04 bits per heavy atom. The molecule has 0 bridgehead atoms. The van der Waals surface area contributed by atoms with Crippen LogP contribution in [0.1, 0.15) is 54.4 Å². The fourth-order valence-electron chi connectivity index (χ4n) is 2.40. The zero-order valence-electron chi connectivity index (χ0n) is 14.9. The minimum atomic E-state index is -3.79. The Bertz CT molecular complexity index is 413. The van der Waals surface area contributed by atoms with E-state index in [0.717, 1.165) is 0 Å². The number of carbonyl (C=O) groups is 4. The quantitative estimate of drug-likeness (QED) is 0.391. The second kappa shape index (κ2) is 10.2. The van der Waals surface area contributed by atoms with Crippen molar-refractivity contribution in [2.75, 3.05) is 0 Å². The van der Waals surface area contributed by atoms with Gasteiger partial charge in [0.25, 0.3) is 0 Å². The number of carbonyl (C=O) groups excluding carboxylic acids is 4. The summed E-state index contributed by atoms with van der Waals surface area (Å²) in [6.07, 6.45) is -0.777. The molecule has 0 atom stereocenters. The van der Waals surface area contributed by atoms with Crippen molar-refractivity contribution in [1.82, 2.24) is 0 Å². The Labute approximate surface area is 142 Å². The van der Waals surface area contributed by atoms with Gasteiger partial charge < -0.3 is 0 Å². The Morgan fingerprint density at radius 1 is 0.739 bits per heavy atom. The molecule has 7 heteroatoms. The maximum absolute atomic E-state index is 12.1. The van der Waals surface area contributed by atoms with Gasteiger partial charge in [0.2, 0.25) is 0 Å². The van der Waals surface area contributed by atoms with Crippen LogP contribution in [-0.2, 0) is 43.2 Å². The van der Waals surface area contributed by atoms with Crippen LogP contribution in [0, 0.1) is 0 Å². The molecule has 132 valence electrons. The first-order valence-corrected chi connectivity index (χ1v) is 11.3. The average molecular weight is 364 g/mol. The molecule has 0 unspecified atom stereocenters. The van der Waals surface area contributed by atoms with Gasteiger partial charge in [0.15, 0.2) is 0 Å². The summed E-state index contributed by atoms with van der Waals surface area (Å²) < 4.78 is 11.9. The van der Waals surface area contributed by atoms with E-state index in [2.05, 4.69) is 0 Å².